The first-order valence-electron chi connectivity index (χ1n) is 4.30. The number of benzene rings is 1. The molecule has 1 aromatic rings. The summed E-state index contributed by atoms with van der Waals surface area (Å²) in [5.41, 5.74) is 12.8. The van der Waals surface area contributed by atoms with Crippen LogP contribution in [0.15, 0.2) is 34.3 Å². The van der Waals surface area contributed by atoms with E-state index < -0.39 is 0 Å². The van der Waals surface area contributed by atoms with Crippen molar-refractivity contribution in [3.63, 3.8) is 0 Å². The average Bonchev–Trinajstić information content (AvgIpc) is 2.07. The van der Waals surface area contributed by atoms with E-state index in [1.165, 1.54) is 0 Å². The van der Waals surface area contributed by atoms with Gasteiger partial charge in [-0.15, -0.1) is 0 Å². The van der Waals surface area contributed by atoms with E-state index in [4.69, 9.17) is 11.5 Å². The summed E-state index contributed by atoms with van der Waals surface area (Å²) in [6.45, 7) is 3.63. The molecule has 4 heteroatoms. The molecule has 0 amide bonds. The molecule has 0 aliphatic carbocycles. The predicted octanol–water partition coefficient (Wildman–Crippen LogP) is 1.32. The summed E-state index contributed by atoms with van der Waals surface area (Å²) >= 11 is 0. The van der Waals surface area contributed by atoms with E-state index in [0.717, 1.165) is 11.3 Å². The summed E-state index contributed by atoms with van der Waals surface area (Å²) in [6.07, 6.45) is 0. The minimum atomic E-state index is 0.180. The smallest absolute Gasteiger partial charge is 0.222 e. The van der Waals surface area contributed by atoms with Gasteiger partial charge in [-0.25, -0.2) is 9.98 Å². The van der Waals surface area contributed by atoms with Crippen molar-refractivity contribution in [2.75, 3.05) is 0 Å². The van der Waals surface area contributed by atoms with Crippen molar-refractivity contribution in [3.8, 4) is 0 Å². The maximum atomic E-state index is 5.56. The van der Waals surface area contributed by atoms with Crippen molar-refractivity contribution in [2.45, 2.75) is 13.8 Å². The third-order valence-electron chi connectivity index (χ3n) is 1.64. The van der Waals surface area contributed by atoms with Gasteiger partial charge in [-0.2, -0.15) is 0 Å². The Morgan fingerprint density at radius 3 is 2.43 bits per heavy atom. The molecule has 0 aliphatic heterocycles. The van der Waals surface area contributed by atoms with Gasteiger partial charge in [-0.05, 0) is 25.5 Å². The number of aryl methyl sites for hydroxylation is 1. The fourth-order valence-corrected chi connectivity index (χ4v) is 1.02. The molecule has 0 unspecified atom stereocenters. The predicted molar refractivity (Wildman–Crippen MR) is 59.8 cm³/mol. The average molecular weight is 190 g/mol. The summed E-state index contributed by atoms with van der Waals surface area (Å²) in [4.78, 5) is 7.96. The summed E-state index contributed by atoms with van der Waals surface area (Å²) in [7, 11) is 0. The molecule has 0 bridgehead atoms. The zero-order valence-corrected chi connectivity index (χ0v) is 8.36. The Labute approximate surface area is 83.4 Å². The maximum absolute atomic E-state index is 5.56. The van der Waals surface area contributed by atoms with Crippen LogP contribution in [0.2, 0.25) is 0 Å². The molecule has 0 aliphatic rings. The Morgan fingerprint density at radius 2 is 1.86 bits per heavy atom. The zero-order chi connectivity index (χ0) is 10.6. The molecule has 4 N–H and O–H groups in total. The van der Waals surface area contributed by atoms with Crippen LogP contribution < -0.4 is 11.5 Å². The highest BCUT2D eigenvalue weighted by Crippen LogP contribution is 2.16. The molecule has 0 spiro atoms. The quantitative estimate of drug-likeness (QED) is 0.517. The monoisotopic (exact) mass is 190 g/mol. The van der Waals surface area contributed by atoms with Gasteiger partial charge in [0.25, 0.3) is 0 Å². The van der Waals surface area contributed by atoms with E-state index >= 15 is 0 Å². The van der Waals surface area contributed by atoms with Crippen LogP contribution in [0.1, 0.15) is 12.5 Å². The number of amidine groups is 1. The third-order valence-corrected chi connectivity index (χ3v) is 1.64. The molecule has 1 rings (SSSR count). The number of guanidine groups is 1. The lowest BCUT2D eigenvalue weighted by atomic mass is 10.2. The van der Waals surface area contributed by atoms with Crippen molar-refractivity contribution < 1.29 is 0 Å². The summed E-state index contributed by atoms with van der Waals surface area (Å²) in [5.74, 6) is 0.583. The van der Waals surface area contributed by atoms with Gasteiger partial charge >= 0.3 is 0 Å². The Bertz CT molecular complexity index is 375. The second-order valence-electron chi connectivity index (χ2n) is 3.01. The number of aliphatic imine (C=N–C) groups is 2. The van der Waals surface area contributed by atoms with Crippen LogP contribution in [0.3, 0.4) is 0 Å². The van der Waals surface area contributed by atoms with Gasteiger partial charge in [0.2, 0.25) is 5.96 Å². The maximum Gasteiger partial charge on any atom is 0.222 e. The number of nitrogens with zero attached hydrogens (tertiary/aromatic N) is 2. The highest BCUT2D eigenvalue weighted by atomic mass is 15.1. The molecule has 14 heavy (non-hydrogen) atoms. The van der Waals surface area contributed by atoms with Crippen molar-refractivity contribution in [3.05, 3.63) is 29.8 Å². The van der Waals surface area contributed by atoms with E-state index in [-0.39, 0.29) is 5.96 Å². The third kappa shape index (κ3) is 2.90. The lowest BCUT2D eigenvalue weighted by molar-refractivity contribution is 1.35. The number of hydrogen-bond donors (Lipinski definition) is 2. The summed E-state index contributed by atoms with van der Waals surface area (Å²) in [6, 6.07) is 7.69. The normalized spacial score (nSPS) is 13.0. The fraction of sp³-hybridized carbons (Fsp3) is 0.200. The molecule has 0 saturated carbocycles. The molecule has 0 radical (unpaired) electrons. The van der Waals surface area contributed by atoms with E-state index in [1.54, 1.807) is 6.92 Å². The van der Waals surface area contributed by atoms with Crippen LogP contribution in [-0.2, 0) is 0 Å². The van der Waals surface area contributed by atoms with Crippen molar-refractivity contribution in [1.82, 2.24) is 0 Å². The molecular weight excluding hydrogens is 176 g/mol. The van der Waals surface area contributed by atoms with E-state index in [9.17, 15) is 0 Å². The Kier molecular flexibility index (Phi) is 3.23. The highest BCUT2D eigenvalue weighted by molar-refractivity contribution is 5.94. The molecule has 0 fully saturated rings. The van der Waals surface area contributed by atoms with E-state index in [2.05, 4.69) is 9.98 Å². The number of rotatable bonds is 1. The topological polar surface area (TPSA) is 76.8 Å². The fourth-order valence-electron chi connectivity index (χ4n) is 1.02. The summed E-state index contributed by atoms with van der Waals surface area (Å²) in [5, 5.41) is 0. The van der Waals surface area contributed by atoms with Crippen LogP contribution in [0, 0.1) is 6.92 Å². The molecular formula is C10H14N4. The first-order valence-corrected chi connectivity index (χ1v) is 4.30. The van der Waals surface area contributed by atoms with Gasteiger partial charge < -0.3 is 11.5 Å². The molecule has 4 nitrogen and oxygen atoms in total. The number of para-hydroxylation sites is 1. The molecule has 74 valence electrons. The van der Waals surface area contributed by atoms with Crippen LogP contribution in [0.4, 0.5) is 5.69 Å². The largest absolute Gasteiger partial charge is 0.387 e. The van der Waals surface area contributed by atoms with Gasteiger partial charge in [0.05, 0.1) is 11.5 Å². The van der Waals surface area contributed by atoms with Crippen LogP contribution in [-0.4, -0.2) is 11.8 Å². The van der Waals surface area contributed by atoms with Gasteiger partial charge in [-0.1, -0.05) is 18.2 Å². The SMILES string of the molecule is CC(N)=NC(N)=Nc1ccccc1C. The number of hydrogen-bond acceptors (Lipinski definition) is 1. The molecule has 0 atom stereocenters. The molecule has 0 saturated heterocycles. The Balaban J connectivity index is 2.98. The van der Waals surface area contributed by atoms with E-state index in [1.807, 2.05) is 31.2 Å². The summed E-state index contributed by atoms with van der Waals surface area (Å²) < 4.78 is 0. The van der Waals surface area contributed by atoms with Crippen molar-refractivity contribution in [2.24, 2.45) is 21.5 Å². The highest BCUT2D eigenvalue weighted by Gasteiger charge is 1.95. The lowest BCUT2D eigenvalue weighted by Crippen LogP contribution is -2.15. The Morgan fingerprint density at radius 1 is 1.21 bits per heavy atom. The van der Waals surface area contributed by atoms with Crippen LogP contribution in [0.5, 0.6) is 0 Å². The van der Waals surface area contributed by atoms with Crippen LogP contribution in [0.25, 0.3) is 0 Å². The zero-order valence-electron chi connectivity index (χ0n) is 8.36. The minimum absolute atomic E-state index is 0.180. The second kappa shape index (κ2) is 4.41. The molecule has 0 aromatic heterocycles. The standard InChI is InChI=1S/C10H14N4/c1-7-5-3-4-6-9(7)14-10(12)13-8(2)11/h3-6H,1-2H3,(H4,11,12,13,14). The number of nitrogens with two attached hydrogens (primary N) is 2. The van der Waals surface area contributed by atoms with Gasteiger partial charge in [0.15, 0.2) is 0 Å². The molecule has 1 aromatic carbocycles. The lowest BCUT2D eigenvalue weighted by Gasteiger charge is -1.99. The van der Waals surface area contributed by atoms with Gasteiger partial charge in [0, 0.05) is 0 Å². The first-order chi connectivity index (χ1) is 6.59. The minimum Gasteiger partial charge on any atom is -0.387 e. The van der Waals surface area contributed by atoms with Crippen molar-refractivity contribution >= 4 is 17.5 Å². The molecule has 0 heterocycles. The van der Waals surface area contributed by atoms with Crippen molar-refractivity contribution in [1.29, 1.82) is 0 Å². The Hall–Kier alpha value is -1.84. The van der Waals surface area contributed by atoms with Gasteiger partial charge in [-0.3, -0.25) is 0 Å². The first kappa shape index (κ1) is 10.2. The second-order valence-corrected chi connectivity index (χ2v) is 3.01. The van der Waals surface area contributed by atoms with E-state index in [0.29, 0.717) is 5.84 Å². The van der Waals surface area contributed by atoms with Crippen LogP contribution >= 0.6 is 0 Å². The van der Waals surface area contributed by atoms with Gasteiger partial charge in [0.1, 0.15) is 0 Å².